The zero-order chi connectivity index (χ0) is 18.6. The first kappa shape index (κ1) is 17.8. The Bertz CT molecular complexity index is 972. The van der Waals surface area contributed by atoms with Gasteiger partial charge in [-0.1, -0.05) is 49.2 Å². The van der Waals surface area contributed by atoms with E-state index in [9.17, 15) is 4.79 Å². The second-order valence-corrected chi connectivity index (χ2v) is 7.65. The van der Waals surface area contributed by atoms with Gasteiger partial charge in [0.25, 0.3) is 0 Å². The minimum atomic E-state index is -0.880. The number of fused-ring (bicyclic) bond motifs is 1. The van der Waals surface area contributed by atoms with Crippen molar-refractivity contribution >= 4 is 34.8 Å². The van der Waals surface area contributed by atoms with Crippen LogP contribution in [0.25, 0.3) is 10.9 Å². The Balaban J connectivity index is 1.67. The van der Waals surface area contributed by atoms with Crippen LogP contribution in [0.4, 0.5) is 0 Å². The van der Waals surface area contributed by atoms with Crippen LogP contribution >= 0.6 is 11.8 Å². The molecule has 2 heterocycles. The number of thioether (sulfide) groups is 1. The number of benzene rings is 1. The molecule has 140 valence electrons. The van der Waals surface area contributed by atoms with Gasteiger partial charge in [-0.25, -0.2) is 0 Å². The number of aromatic amines is 1. The Labute approximate surface area is 160 Å². The van der Waals surface area contributed by atoms with Gasteiger partial charge < -0.3 is 10.1 Å². The van der Waals surface area contributed by atoms with Crippen LogP contribution in [0, 0.1) is 0 Å². The van der Waals surface area contributed by atoms with E-state index in [1.54, 1.807) is 10.9 Å². The first-order chi connectivity index (χ1) is 13.2. The van der Waals surface area contributed by atoms with Gasteiger partial charge in [-0.05, 0) is 18.9 Å². The molecule has 2 aromatic heterocycles. The lowest BCUT2D eigenvalue weighted by Crippen LogP contribution is -2.11. The highest BCUT2D eigenvalue weighted by Crippen LogP contribution is 2.33. The Morgan fingerprint density at radius 1 is 1.30 bits per heavy atom. The highest BCUT2D eigenvalue weighted by molar-refractivity contribution is 7.99. The second kappa shape index (κ2) is 7.96. The molecule has 0 bridgehead atoms. The van der Waals surface area contributed by atoms with Crippen molar-refractivity contribution in [2.45, 2.75) is 43.2 Å². The number of hydrogen-bond donors (Lipinski definition) is 2. The number of hydrogen-bond acceptors (Lipinski definition) is 5. The summed E-state index contributed by atoms with van der Waals surface area (Å²) < 4.78 is 1.73. The highest BCUT2D eigenvalue weighted by Gasteiger charge is 2.24. The molecule has 3 aromatic rings. The molecular formula is C19H21N5O2S. The SMILES string of the molecule is O=C(O)CSc1nnc(C2CCCCC2)n1/N=C/c1c[nH]c2ccccc12. The zero-order valence-electron chi connectivity index (χ0n) is 14.8. The van der Waals surface area contributed by atoms with Crippen LogP contribution in [0.2, 0.25) is 0 Å². The van der Waals surface area contributed by atoms with Crippen molar-refractivity contribution in [3.05, 3.63) is 41.9 Å². The molecule has 0 amide bonds. The fraction of sp³-hybridized carbons (Fsp3) is 0.368. The van der Waals surface area contributed by atoms with Crippen molar-refractivity contribution in [1.82, 2.24) is 19.9 Å². The number of carbonyl (C=O) groups is 1. The lowest BCUT2D eigenvalue weighted by atomic mass is 9.89. The normalized spacial score (nSPS) is 15.7. The van der Waals surface area contributed by atoms with Gasteiger partial charge in [0, 0.05) is 28.6 Å². The van der Waals surface area contributed by atoms with Crippen LogP contribution in [0.1, 0.15) is 49.4 Å². The number of carboxylic acid groups (broad SMARTS) is 1. The summed E-state index contributed by atoms with van der Waals surface area (Å²) in [5.74, 6) is 0.212. The molecule has 1 aromatic carbocycles. The molecule has 0 spiro atoms. The van der Waals surface area contributed by atoms with Crippen molar-refractivity contribution < 1.29 is 9.90 Å². The maximum Gasteiger partial charge on any atom is 0.313 e. The number of nitrogens with zero attached hydrogens (tertiary/aromatic N) is 4. The minimum Gasteiger partial charge on any atom is -0.481 e. The summed E-state index contributed by atoms with van der Waals surface area (Å²) in [5, 5.41) is 23.8. The molecule has 0 aliphatic heterocycles. The van der Waals surface area contributed by atoms with Crippen molar-refractivity contribution in [3.8, 4) is 0 Å². The Morgan fingerprint density at radius 3 is 2.93 bits per heavy atom. The van der Waals surface area contributed by atoms with Crippen molar-refractivity contribution in [3.63, 3.8) is 0 Å². The Hall–Kier alpha value is -2.61. The van der Waals surface area contributed by atoms with Crippen molar-refractivity contribution in [1.29, 1.82) is 0 Å². The molecule has 1 aliphatic rings. The summed E-state index contributed by atoms with van der Waals surface area (Å²) in [7, 11) is 0. The van der Waals surface area contributed by atoms with E-state index in [1.165, 1.54) is 19.3 Å². The Morgan fingerprint density at radius 2 is 2.11 bits per heavy atom. The van der Waals surface area contributed by atoms with Crippen LogP contribution in [0.15, 0.2) is 40.7 Å². The molecule has 4 rings (SSSR count). The fourth-order valence-electron chi connectivity index (χ4n) is 3.54. The minimum absolute atomic E-state index is 0.0641. The molecule has 0 atom stereocenters. The van der Waals surface area contributed by atoms with E-state index >= 15 is 0 Å². The monoisotopic (exact) mass is 383 g/mol. The van der Waals surface area contributed by atoms with E-state index in [1.807, 2.05) is 30.5 Å². The van der Waals surface area contributed by atoms with Gasteiger partial charge in [0.2, 0.25) is 5.16 Å². The first-order valence-corrected chi connectivity index (χ1v) is 10.1. The molecule has 0 radical (unpaired) electrons. The third kappa shape index (κ3) is 3.90. The highest BCUT2D eigenvalue weighted by atomic mass is 32.2. The molecule has 8 heteroatoms. The maximum atomic E-state index is 11.0. The van der Waals surface area contributed by atoms with Gasteiger partial charge in [-0.2, -0.15) is 9.78 Å². The third-order valence-corrected chi connectivity index (χ3v) is 5.77. The van der Waals surface area contributed by atoms with E-state index in [0.29, 0.717) is 11.1 Å². The number of H-pyrrole nitrogens is 1. The lowest BCUT2D eigenvalue weighted by molar-refractivity contribution is -0.133. The molecule has 1 saturated carbocycles. The molecule has 1 aliphatic carbocycles. The number of carboxylic acids is 1. The van der Waals surface area contributed by atoms with Crippen LogP contribution in [-0.2, 0) is 4.79 Å². The average molecular weight is 383 g/mol. The Kier molecular flexibility index (Phi) is 5.24. The summed E-state index contributed by atoms with van der Waals surface area (Å²) >= 11 is 1.15. The largest absolute Gasteiger partial charge is 0.481 e. The third-order valence-electron chi connectivity index (χ3n) is 4.86. The van der Waals surface area contributed by atoms with Crippen molar-refractivity contribution in [2.75, 3.05) is 5.75 Å². The van der Waals surface area contributed by atoms with Gasteiger partial charge in [0.15, 0.2) is 5.82 Å². The first-order valence-electron chi connectivity index (χ1n) is 9.13. The number of para-hydroxylation sites is 1. The predicted octanol–water partition coefficient (Wildman–Crippen LogP) is 3.87. The molecule has 0 saturated heterocycles. The number of nitrogens with one attached hydrogen (secondary N) is 1. The van der Waals surface area contributed by atoms with E-state index in [-0.39, 0.29) is 5.75 Å². The van der Waals surface area contributed by atoms with Crippen LogP contribution < -0.4 is 0 Å². The van der Waals surface area contributed by atoms with Crippen molar-refractivity contribution in [2.24, 2.45) is 5.10 Å². The molecule has 0 unspecified atom stereocenters. The van der Waals surface area contributed by atoms with Gasteiger partial charge >= 0.3 is 5.97 Å². The number of aromatic nitrogens is 4. The average Bonchev–Trinajstić information content (AvgIpc) is 3.29. The zero-order valence-corrected chi connectivity index (χ0v) is 15.7. The summed E-state index contributed by atoms with van der Waals surface area (Å²) in [6.07, 6.45) is 9.48. The fourth-order valence-corrected chi connectivity index (χ4v) is 4.15. The van der Waals surface area contributed by atoms with Crippen LogP contribution in [-0.4, -0.2) is 42.9 Å². The van der Waals surface area contributed by atoms with E-state index in [0.717, 1.165) is 46.9 Å². The van der Waals surface area contributed by atoms with E-state index in [4.69, 9.17) is 5.11 Å². The summed E-state index contributed by atoms with van der Waals surface area (Å²) in [5.41, 5.74) is 2.03. The number of aliphatic carboxylic acids is 1. The molecule has 7 nitrogen and oxygen atoms in total. The van der Waals surface area contributed by atoms with E-state index < -0.39 is 5.97 Å². The van der Waals surface area contributed by atoms with Gasteiger partial charge in [-0.15, -0.1) is 10.2 Å². The molecular weight excluding hydrogens is 362 g/mol. The molecule has 1 fully saturated rings. The number of rotatable bonds is 6. The lowest BCUT2D eigenvalue weighted by Gasteiger charge is -2.20. The van der Waals surface area contributed by atoms with Gasteiger partial charge in [-0.3, -0.25) is 4.79 Å². The van der Waals surface area contributed by atoms with Crippen LogP contribution in [0.3, 0.4) is 0 Å². The summed E-state index contributed by atoms with van der Waals surface area (Å²) in [4.78, 5) is 14.2. The van der Waals surface area contributed by atoms with E-state index in [2.05, 4.69) is 20.3 Å². The smallest absolute Gasteiger partial charge is 0.313 e. The second-order valence-electron chi connectivity index (χ2n) is 6.70. The summed E-state index contributed by atoms with van der Waals surface area (Å²) in [6.45, 7) is 0. The predicted molar refractivity (Wildman–Crippen MR) is 105 cm³/mol. The summed E-state index contributed by atoms with van der Waals surface area (Å²) in [6, 6.07) is 8.05. The molecule has 27 heavy (non-hydrogen) atoms. The van der Waals surface area contributed by atoms with Gasteiger partial charge in [0.1, 0.15) is 0 Å². The van der Waals surface area contributed by atoms with Crippen LogP contribution in [0.5, 0.6) is 0 Å². The maximum absolute atomic E-state index is 11.0. The standard InChI is InChI=1S/C19H21N5O2S/c25-17(26)12-27-19-23-22-18(13-6-2-1-3-7-13)24(19)21-11-14-10-20-16-9-5-4-8-15(14)16/h4-5,8-11,13,20H,1-3,6-7,12H2,(H,25,26)/b21-11+. The topological polar surface area (TPSA) is 96.2 Å². The van der Waals surface area contributed by atoms with Gasteiger partial charge in [0.05, 0.1) is 12.0 Å². The quantitative estimate of drug-likeness (QED) is 0.498. The molecule has 2 N–H and O–H groups in total.